The number of rotatable bonds is 4. The first-order valence-corrected chi connectivity index (χ1v) is 7.02. The first-order valence-electron chi connectivity index (χ1n) is 7.02. The normalized spacial score (nSPS) is 10.0. The summed E-state index contributed by atoms with van der Waals surface area (Å²) >= 11 is 0. The molecule has 6 heteroatoms. The lowest BCUT2D eigenvalue weighted by Gasteiger charge is -2.11. The lowest BCUT2D eigenvalue weighted by atomic mass is 9.98. The molecule has 2 rings (SSSR count). The molecular weight excluding hydrogens is 294 g/mol. The van der Waals surface area contributed by atoms with Gasteiger partial charge >= 0.3 is 0 Å². The molecular formula is C17H17N3O3. The third-order valence-corrected chi connectivity index (χ3v) is 3.37. The molecule has 0 radical (unpaired) electrons. The fourth-order valence-electron chi connectivity index (χ4n) is 2.24. The summed E-state index contributed by atoms with van der Waals surface area (Å²) < 4.78 is 0. The van der Waals surface area contributed by atoms with Crippen LogP contribution < -0.4 is 10.6 Å². The number of nitrogens with zero attached hydrogens (tertiary/aromatic N) is 1. The molecule has 0 fully saturated rings. The van der Waals surface area contributed by atoms with Crippen LogP contribution in [0.4, 0.5) is 5.82 Å². The Kier molecular flexibility index (Phi) is 4.85. The molecule has 0 aliphatic carbocycles. The number of aromatic nitrogens is 1. The van der Waals surface area contributed by atoms with Gasteiger partial charge in [0.1, 0.15) is 5.82 Å². The molecule has 0 unspecified atom stereocenters. The molecule has 2 aromatic rings. The van der Waals surface area contributed by atoms with Crippen LogP contribution in [0.15, 0.2) is 30.5 Å². The number of amides is 3. The topological polar surface area (TPSA) is 88.2 Å². The minimum atomic E-state index is -0.442. The Morgan fingerprint density at radius 2 is 1.87 bits per heavy atom. The van der Waals surface area contributed by atoms with Crippen LogP contribution in [0.1, 0.15) is 28.4 Å². The predicted octanol–water partition coefficient (Wildman–Crippen LogP) is 2.21. The minimum Gasteiger partial charge on any atom is -0.313 e. The third-order valence-electron chi connectivity index (χ3n) is 3.37. The monoisotopic (exact) mass is 311 g/mol. The maximum atomic E-state index is 12.0. The molecule has 0 atom stereocenters. The van der Waals surface area contributed by atoms with Gasteiger partial charge in [-0.05, 0) is 48.7 Å². The first-order chi connectivity index (χ1) is 10.9. The molecule has 6 nitrogen and oxygen atoms in total. The van der Waals surface area contributed by atoms with Gasteiger partial charge in [0, 0.05) is 24.2 Å². The fraction of sp³-hybridized carbons (Fsp3) is 0.176. The minimum absolute atomic E-state index is 0.397. The number of nitrogens with one attached hydrogen (secondary N) is 2. The fourth-order valence-corrected chi connectivity index (χ4v) is 2.24. The highest BCUT2D eigenvalue weighted by Crippen LogP contribution is 2.26. The van der Waals surface area contributed by atoms with Gasteiger partial charge in [-0.1, -0.05) is 6.07 Å². The van der Waals surface area contributed by atoms with Crippen molar-refractivity contribution in [3.05, 3.63) is 47.2 Å². The van der Waals surface area contributed by atoms with Crippen LogP contribution in [-0.4, -0.2) is 23.2 Å². The Labute approximate surface area is 133 Å². The summed E-state index contributed by atoms with van der Waals surface area (Å²) in [6, 6.07) is 7.09. The van der Waals surface area contributed by atoms with Gasteiger partial charge < -0.3 is 5.32 Å². The van der Waals surface area contributed by atoms with Crippen molar-refractivity contribution in [1.82, 2.24) is 10.3 Å². The van der Waals surface area contributed by atoms with Crippen molar-refractivity contribution in [2.24, 2.45) is 0 Å². The van der Waals surface area contributed by atoms with Crippen molar-refractivity contribution in [1.29, 1.82) is 0 Å². The second-order valence-electron chi connectivity index (χ2n) is 5.19. The SMILES string of the molecule is CC(=O)NC(=O)c1ccc(C)c(-c2cnc(NC=O)c(C)c2)c1. The van der Waals surface area contributed by atoms with Gasteiger partial charge in [0.25, 0.3) is 5.91 Å². The van der Waals surface area contributed by atoms with Gasteiger partial charge in [0.2, 0.25) is 12.3 Å². The van der Waals surface area contributed by atoms with Gasteiger partial charge in [0.05, 0.1) is 0 Å². The number of anilines is 1. The molecule has 1 aromatic heterocycles. The molecule has 3 amide bonds. The summed E-state index contributed by atoms with van der Waals surface area (Å²) in [5.74, 6) is -0.353. The number of hydrogen-bond acceptors (Lipinski definition) is 4. The average molecular weight is 311 g/mol. The van der Waals surface area contributed by atoms with E-state index in [2.05, 4.69) is 15.6 Å². The second kappa shape index (κ2) is 6.83. The molecule has 0 aliphatic rings. The van der Waals surface area contributed by atoms with Crippen LogP contribution in [0.5, 0.6) is 0 Å². The van der Waals surface area contributed by atoms with Crippen LogP contribution in [0.2, 0.25) is 0 Å². The van der Waals surface area contributed by atoms with Crippen LogP contribution in [0, 0.1) is 13.8 Å². The molecule has 0 saturated carbocycles. The van der Waals surface area contributed by atoms with E-state index < -0.39 is 11.8 Å². The smallest absolute Gasteiger partial charge is 0.257 e. The highest BCUT2D eigenvalue weighted by molar-refractivity contribution is 6.04. The number of imide groups is 1. The molecule has 1 heterocycles. The van der Waals surface area contributed by atoms with Gasteiger partial charge in [-0.25, -0.2) is 4.98 Å². The maximum Gasteiger partial charge on any atom is 0.257 e. The number of carbonyl (C=O) groups is 3. The summed E-state index contributed by atoms with van der Waals surface area (Å²) in [7, 11) is 0. The van der Waals surface area contributed by atoms with Crippen molar-refractivity contribution in [3.63, 3.8) is 0 Å². The zero-order chi connectivity index (χ0) is 17.0. The van der Waals surface area contributed by atoms with Crippen molar-refractivity contribution in [2.75, 3.05) is 5.32 Å². The zero-order valence-corrected chi connectivity index (χ0v) is 13.1. The van der Waals surface area contributed by atoms with Crippen LogP contribution in [0.3, 0.4) is 0 Å². The van der Waals surface area contributed by atoms with E-state index in [4.69, 9.17) is 0 Å². The highest BCUT2D eigenvalue weighted by Gasteiger charge is 2.11. The van der Waals surface area contributed by atoms with E-state index in [0.717, 1.165) is 22.3 Å². The number of pyridine rings is 1. The summed E-state index contributed by atoms with van der Waals surface area (Å²) in [5, 5.41) is 4.78. The highest BCUT2D eigenvalue weighted by atomic mass is 16.2. The molecule has 118 valence electrons. The van der Waals surface area contributed by atoms with E-state index in [-0.39, 0.29) is 0 Å². The van der Waals surface area contributed by atoms with Crippen LogP contribution in [-0.2, 0) is 9.59 Å². The largest absolute Gasteiger partial charge is 0.313 e. The lowest BCUT2D eigenvalue weighted by molar-refractivity contribution is -0.118. The average Bonchev–Trinajstić information content (AvgIpc) is 2.49. The van der Waals surface area contributed by atoms with Crippen molar-refractivity contribution in [2.45, 2.75) is 20.8 Å². The van der Waals surface area contributed by atoms with Gasteiger partial charge in [-0.3, -0.25) is 19.7 Å². The van der Waals surface area contributed by atoms with Crippen molar-refractivity contribution >= 4 is 24.0 Å². The maximum absolute atomic E-state index is 12.0. The molecule has 0 bridgehead atoms. The Morgan fingerprint density at radius 3 is 2.48 bits per heavy atom. The van der Waals surface area contributed by atoms with E-state index in [9.17, 15) is 14.4 Å². The van der Waals surface area contributed by atoms with Crippen LogP contribution >= 0.6 is 0 Å². The summed E-state index contributed by atoms with van der Waals surface area (Å²) in [6.07, 6.45) is 2.21. The van der Waals surface area contributed by atoms with Crippen LogP contribution in [0.25, 0.3) is 11.1 Å². The Balaban J connectivity index is 2.42. The van der Waals surface area contributed by atoms with Gasteiger partial charge in [0.15, 0.2) is 0 Å². The number of carbonyl (C=O) groups excluding carboxylic acids is 3. The zero-order valence-electron chi connectivity index (χ0n) is 13.1. The molecule has 0 saturated heterocycles. The Hall–Kier alpha value is -3.02. The van der Waals surface area contributed by atoms with E-state index in [0.29, 0.717) is 17.8 Å². The number of benzene rings is 1. The van der Waals surface area contributed by atoms with E-state index in [1.54, 1.807) is 18.3 Å². The predicted molar refractivity (Wildman–Crippen MR) is 87.0 cm³/mol. The summed E-state index contributed by atoms with van der Waals surface area (Å²) in [6.45, 7) is 5.05. The first kappa shape index (κ1) is 16.4. The van der Waals surface area contributed by atoms with E-state index in [1.807, 2.05) is 26.0 Å². The van der Waals surface area contributed by atoms with E-state index >= 15 is 0 Å². The molecule has 1 aromatic carbocycles. The lowest BCUT2D eigenvalue weighted by Crippen LogP contribution is -2.27. The molecule has 23 heavy (non-hydrogen) atoms. The Morgan fingerprint density at radius 1 is 1.13 bits per heavy atom. The molecule has 2 N–H and O–H groups in total. The quantitative estimate of drug-likeness (QED) is 0.847. The summed E-state index contributed by atoms with van der Waals surface area (Å²) in [5.41, 5.74) is 3.85. The van der Waals surface area contributed by atoms with Gasteiger partial charge in [-0.15, -0.1) is 0 Å². The number of aryl methyl sites for hydroxylation is 2. The van der Waals surface area contributed by atoms with Gasteiger partial charge in [-0.2, -0.15) is 0 Å². The summed E-state index contributed by atoms with van der Waals surface area (Å²) in [4.78, 5) is 37.7. The standard InChI is InChI=1S/C17H17N3O3/c1-10-4-5-13(17(23)20-12(3)22)7-15(10)14-6-11(2)16(18-8-14)19-9-21/h4-9H,1-3H3,(H,18,19,21)(H,20,22,23). The second-order valence-corrected chi connectivity index (χ2v) is 5.19. The van der Waals surface area contributed by atoms with Crippen molar-refractivity contribution in [3.8, 4) is 11.1 Å². The molecule has 0 spiro atoms. The number of hydrogen-bond donors (Lipinski definition) is 2. The van der Waals surface area contributed by atoms with Crippen molar-refractivity contribution < 1.29 is 14.4 Å². The Bertz CT molecular complexity index is 785. The third kappa shape index (κ3) is 3.79. The molecule has 0 aliphatic heterocycles. The van der Waals surface area contributed by atoms with E-state index in [1.165, 1.54) is 6.92 Å².